The average molecular weight is 358 g/mol. The van der Waals surface area contributed by atoms with Gasteiger partial charge in [0.2, 0.25) is 0 Å². The Labute approximate surface area is 153 Å². The number of aryl methyl sites for hydroxylation is 1. The van der Waals surface area contributed by atoms with Crippen molar-refractivity contribution >= 4 is 5.91 Å². The number of hydrogen-bond donors (Lipinski definition) is 0. The van der Waals surface area contributed by atoms with Crippen molar-refractivity contribution in [3.05, 3.63) is 29.1 Å². The highest BCUT2D eigenvalue weighted by Crippen LogP contribution is 2.28. The first-order valence-electron chi connectivity index (χ1n) is 9.54. The number of hydrogen-bond acceptors (Lipinski definition) is 5. The number of fused-ring (bicyclic) bond motifs is 1. The molecular weight excluding hydrogens is 332 g/mol. The van der Waals surface area contributed by atoms with E-state index in [4.69, 9.17) is 4.74 Å². The zero-order chi connectivity index (χ0) is 18.1. The number of rotatable bonds is 4. The minimum atomic E-state index is 0.0491. The van der Waals surface area contributed by atoms with Crippen LogP contribution in [0.4, 0.5) is 0 Å². The third kappa shape index (κ3) is 3.02. The Balaban J connectivity index is 1.49. The van der Waals surface area contributed by atoms with E-state index in [-0.39, 0.29) is 12.0 Å². The topological polar surface area (TPSA) is 78.1 Å². The van der Waals surface area contributed by atoms with Crippen molar-refractivity contribution < 1.29 is 9.53 Å². The van der Waals surface area contributed by atoms with E-state index in [1.54, 1.807) is 6.20 Å². The Morgan fingerprint density at radius 1 is 1.31 bits per heavy atom. The predicted molar refractivity (Wildman–Crippen MR) is 94.8 cm³/mol. The van der Waals surface area contributed by atoms with Gasteiger partial charge in [0, 0.05) is 44.9 Å². The third-order valence-electron chi connectivity index (χ3n) is 5.33. The first kappa shape index (κ1) is 17.2. The largest absolute Gasteiger partial charge is 0.370 e. The van der Waals surface area contributed by atoms with E-state index in [2.05, 4.69) is 26.8 Å². The van der Waals surface area contributed by atoms with Crippen LogP contribution in [0.1, 0.15) is 60.0 Å². The summed E-state index contributed by atoms with van der Waals surface area (Å²) in [5, 5.41) is 13.1. The zero-order valence-corrected chi connectivity index (χ0v) is 15.5. The van der Waals surface area contributed by atoms with Crippen LogP contribution >= 0.6 is 0 Å². The first-order chi connectivity index (χ1) is 12.7. The quantitative estimate of drug-likeness (QED) is 0.832. The molecule has 0 N–H and O–H groups in total. The minimum Gasteiger partial charge on any atom is -0.370 e. The Morgan fingerprint density at radius 2 is 2.19 bits per heavy atom. The maximum absolute atomic E-state index is 13.0. The molecule has 1 fully saturated rings. The molecule has 0 saturated carbocycles. The Morgan fingerprint density at radius 3 is 2.96 bits per heavy atom. The van der Waals surface area contributed by atoms with Gasteiger partial charge >= 0.3 is 0 Å². The molecule has 8 heteroatoms. The summed E-state index contributed by atoms with van der Waals surface area (Å²) in [5.74, 6) is 1.92. The number of nitrogens with zero attached hydrogens (tertiary/aromatic N) is 6. The molecule has 2 aromatic heterocycles. The predicted octanol–water partition coefficient (Wildman–Crippen LogP) is 1.74. The van der Waals surface area contributed by atoms with Gasteiger partial charge in [0.05, 0.1) is 11.8 Å². The smallest absolute Gasteiger partial charge is 0.257 e. The molecule has 0 aliphatic carbocycles. The maximum Gasteiger partial charge on any atom is 0.257 e. The molecule has 4 heterocycles. The van der Waals surface area contributed by atoms with E-state index in [1.807, 2.05) is 16.5 Å². The molecule has 0 aromatic carbocycles. The third-order valence-corrected chi connectivity index (χ3v) is 5.33. The van der Waals surface area contributed by atoms with Crippen LogP contribution in [0.2, 0.25) is 0 Å². The molecule has 1 amide bonds. The minimum absolute atomic E-state index is 0.0491. The summed E-state index contributed by atoms with van der Waals surface area (Å²) in [6, 6.07) is 0. The van der Waals surface area contributed by atoms with Crippen molar-refractivity contribution in [2.45, 2.75) is 58.7 Å². The molecule has 0 radical (unpaired) electrons. The highest BCUT2D eigenvalue weighted by atomic mass is 16.5. The lowest BCUT2D eigenvalue weighted by Gasteiger charge is -2.20. The number of carbonyl (C=O) groups is 1. The van der Waals surface area contributed by atoms with Gasteiger partial charge in [0.1, 0.15) is 11.9 Å². The van der Waals surface area contributed by atoms with Crippen LogP contribution in [0.3, 0.4) is 0 Å². The van der Waals surface area contributed by atoms with Crippen LogP contribution in [0.25, 0.3) is 0 Å². The van der Waals surface area contributed by atoms with Crippen molar-refractivity contribution in [3.63, 3.8) is 0 Å². The van der Waals surface area contributed by atoms with Crippen LogP contribution in [0, 0.1) is 6.92 Å². The second-order valence-electron chi connectivity index (χ2n) is 7.04. The Hall–Kier alpha value is -2.22. The summed E-state index contributed by atoms with van der Waals surface area (Å²) in [6.45, 7) is 7.73. The first-order valence-corrected chi connectivity index (χ1v) is 9.54. The van der Waals surface area contributed by atoms with Crippen molar-refractivity contribution in [3.8, 4) is 0 Å². The molecule has 2 aromatic rings. The standard InChI is InChI=1S/C18H26N6O2/c1-3-7-24-13(2)14(12-19-24)18(25)22-8-6-16-20-21-17(23(16)10-9-22)15-5-4-11-26-15/h12,15H,3-11H2,1-2H3/t15-/m0/s1. The van der Waals surface area contributed by atoms with Crippen molar-refractivity contribution in [1.29, 1.82) is 0 Å². The average Bonchev–Trinajstić information content (AvgIpc) is 3.34. The number of ether oxygens (including phenoxy) is 1. The van der Waals surface area contributed by atoms with Gasteiger partial charge in [-0.15, -0.1) is 10.2 Å². The van der Waals surface area contributed by atoms with Gasteiger partial charge in [0.15, 0.2) is 5.82 Å². The van der Waals surface area contributed by atoms with Gasteiger partial charge in [0.25, 0.3) is 5.91 Å². The molecule has 2 aliphatic heterocycles. The lowest BCUT2D eigenvalue weighted by Crippen LogP contribution is -2.34. The van der Waals surface area contributed by atoms with E-state index in [9.17, 15) is 4.79 Å². The van der Waals surface area contributed by atoms with E-state index in [0.717, 1.165) is 49.8 Å². The lowest BCUT2D eigenvalue weighted by atomic mass is 10.2. The maximum atomic E-state index is 13.0. The van der Waals surface area contributed by atoms with Crippen LogP contribution in [-0.4, -0.2) is 55.0 Å². The second-order valence-corrected chi connectivity index (χ2v) is 7.04. The molecule has 0 bridgehead atoms. The van der Waals surface area contributed by atoms with Gasteiger partial charge in [-0.05, 0) is 26.2 Å². The monoisotopic (exact) mass is 358 g/mol. The van der Waals surface area contributed by atoms with Crippen molar-refractivity contribution in [1.82, 2.24) is 29.4 Å². The number of aromatic nitrogens is 5. The molecule has 0 unspecified atom stereocenters. The molecule has 1 atom stereocenters. The molecule has 0 spiro atoms. The SMILES string of the molecule is CCCn1ncc(C(=O)N2CCc3nnc([C@@H]4CCCO4)n3CC2)c1C. The summed E-state index contributed by atoms with van der Waals surface area (Å²) in [5.41, 5.74) is 1.65. The van der Waals surface area contributed by atoms with Crippen LogP contribution in [0.15, 0.2) is 6.20 Å². The van der Waals surface area contributed by atoms with Crippen LogP contribution < -0.4 is 0 Å². The second kappa shape index (κ2) is 7.19. The molecule has 1 saturated heterocycles. The van der Waals surface area contributed by atoms with E-state index in [0.29, 0.717) is 31.6 Å². The highest BCUT2D eigenvalue weighted by Gasteiger charge is 2.29. The molecule has 2 aliphatic rings. The molecule has 4 rings (SSSR count). The summed E-state index contributed by atoms with van der Waals surface area (Å²) < 4.78 is 9.84. The highest BCUT2D eigenvalue weighted by molar-refractivity contribution is 5.95. The summed E-state index contributed by atoms with van der Waals surface area (Å²) in [6.07, 6.45) is 5.53. The fraction of sp³-hybridized carbons (Fsp3) is 0.667. The van der Waals surface area contributed by atoms with Gasteiger partial charge in [-0.3, -0.25) is 9.48 Å². The van der Waals surface area contributed by atoms with Gasteiger partial charge < -0.3 is 14.2 Å². The molecule has 26 heavy (non-hydrogen) atoms. The van der Waals surface area contributed by atoms with Gasteiger partial charge in [-0.2, -0.15) is 5.10 Å². The number of carbonyl (C=O) groups excluding carboxylic acids is 1. The Bertz CT molecular complexity index is 790. The van der Waals surface area contributed by atoms with Gasteiger partial charge in [-0.25, -0.2) is 0 Å². The molecule has 140 valence electrons. The number of amides is 1. The van der Waals surface area contributed by atoms with Crippen molar-refractivity contribution in [2.75, 3.05) is 19.7 Å². The zero-order valence-electron chi connectivity index (χ0n) is 15.5. The van der Waals surface area contributed by atoms with Gasteiger partial charge in [-0.1, -0.05) is 6.92 Å². The van der Waals surface area contributed by atoms with E-state index in [1.165, 1.54) is 0 Å². The molecular formula is C18H26N6O2. The lowest BCUT2D eigenvalue weighted by molar-refractivity contribution is 0.0755. The fourth-order valence-corrected chi connectivity index (χ4v) is 3.83. The summed E-state index contributed by atoms with van der Waals surface area (Å²) >= 11 is 0. The van der Waals surface area contributed by atoms with Crippen molar-refractivity contribution in [2.24, 2.45) is 0 Å². The summed E-state index contributed by atoms with van der Waals surface area (Å²) in [7, 11) is 0. The van der Waals surface area contributed by atoms with E-state index < -0.39 is 0 Å². The normalized spacial score (nSPS) is 20.2. The Kier molecular flexibility index (Phi) is 4.76. The summed E-state index contributed by atoms with van der Waals surface area (Å²) in [4.78, 5) is 14.9. The fourth-order valence-electron chi connectivity index (χ4n) is 3.83. The van der Waals surface area contributed by atoms with Crippen LogP contribution in [0.5, 0.6) is 0 Å². The van der Waals surface area contributed by atoms with Crippen LogP contribution in [-0.2, 0) is 24.2 Å². The van der Waals surface area contributed by atoms with E-state index >= 15 is 0 Å². The molecule has 8 nitrogen and oxygen atoms in total.